The number of hydrogen-bond donors (Lipinski definition) is 8. The average Bonchev–Trinajstić information content (AvgIpc) is 3.07. The monoisotopic (exact) mass is 715 g/mol. The van der Waals surface area contributed by atoms with Crippen LogP contribution in [0.1, 0.15) is 55.4 Å². The molecule has 1 radical (unpaired) electrons. The van der Waals surface area contributed by atoms with Crippen LogP contribution in [0.5, 0.6) is 0 Å². The number of aliphatic carboxylic acids is 2. The van der Waals surface area contributed by atoms with Gasteiger partial charge in [0.05, 0.1) is 5.92 Å². The molecule has 21 heteroatoms. The van der Waals surface area contributed by atoms with E-state index in [0.717, 1.165) is 28.4 Å². The summed E-state index contributed by atoms with van der Waals surface area (Å²) in [5.74, 6) is -4.56. The predicted octanol–water partition coefficient (Wildman–Crippen LogP) is -1.23. The van der Waals surface area contributed by atoms with Gasteiger partial charge in [0, 0.05) is 57.8 Å². The molecule has 1 aliphatic rings. The summed E-state index contributed by atoms with van der Waals surface area (Å²) < 4.78 is 23.1. The molecule has 7 atom stereocenters. The molecule has 0 amide bonds. The van der Waals surface area contributed by atoms with Gasteiger partial charge in [-0.15, -0.1) is 0 Å². The molecular weight excluding hydrogens is 658 g/mol. The number of cyclic esters (lactones) is 2. The third-order valence-electron chi connectivity index (χ3n) is 4.37. The fourth-order valence-corrected chi connectivity index (χ4v) is 1.74. The molecule has 283 valence electrons. The van der Waals surface area contributed by atoms with Gasteiger partial charge in [0.25, 0.3) is 0 Å². The lowest BCUT2D eigenvalue weighted by Gasteiger charge is -2.22. The van der Waals surface area contributed by atoms with Crippen molar-refractivity contribution in [3.05, 3.63) is 0 Å². The standard InChI is InChI=1S/C8H14O4.C7H12O5.C6H8O4.4CH4O.CH4.BH3O2P/c1-5(8(10)11)4-7(9)6(2)12-3;1-4(6(8)9)12-7(10)5(2)11-3;1-3-5(7)10-4(2)6(8)9-3;4*1-2;;2-1-4-3/h5-6H,4H2,1-3H3,(H,10,11);4-5H,1-3H3,(H,8,9);3-4H,1-2H3;4*2H,1H3;1H4;2-4H. The van der Waals surface area contributed by atoms with Crippen LogP contribution >= 0.6 is 8.69 Å². The van der Waals surface area contributed by atoms with Crippen LogP contribution in [-0.2, 0) is 52.5 Å². The largest absolute Gasteiger partial charge is 0.481 e. The number of esters is 3. The van der Waals surface area contributed by atoms with Crippen molar-refractivity contribution in [3.8, 4) is 0 Å². The van der Waals surface area contributed by atoms with Crippen molar-refractivity contribution >= 4 is 51.5 Å². The van der Waals surface area contributed by atoms with E-state index >= 15 is 0 Å². The van der Waals surface area contributed by atoms with E-state index in [2.05, 4.69) is 18.9 Å². The van der Waals surface area contributed by atoms with E-state index in [-0.39, 0.29) is 19.6 Å². The Kier molecular flexibility index (Phi) is 60.7. The summed E-state index contributed by atoms with van der Waals surface area (Å²) >= 11 is 0. The molecule has 19 nitrogen and oxygen atoms in total. The van der Waals surface area contributed by atoms with Gasteiger partial charge in [0.2, 0.25) is 0 Å². The van der Waals surface area contributed by atoms with Crippen molar-refractivity contribution in [2.45, 2.75) is 85.9 Å². The number of methoxy groups -OCH3 is 2. The number of ether oxygens (including phenoxy) is 5. The minimum atomic E-state index is -1.17. The highest BCUT2D eigenvalue weighted by molar-refractivity contribution is 7.64. The molecule has 8 N–H and O–H groups in total. The molecule has 0 aromatic heterocycles. The number of aliphatic hydroxyl groups excluding tert-OH is 4. The fraction of sp³-hybridized carbons (Fsp3) is 0.769. The minimum absolute atomic E-state index is 0. The maximum atomic E-state index is 11.1. The number of carbonyl (C=O) groups excluding carboxylic acids is 4. The highest BCUT2D eigenvalue weighted by atomic mass is 31.1. The van der Waals surface area contributed by atoms with E-state index in [0.29, 0.717) is 7.20 Å². The zero-order valence-corrected chi connectivity index (χ0v) is 29.3. The summed E-state index contributed by atoms with van der Waals surface area (Å²) in [6.45, 7) is 8.83. The third-order valence-corrected chi connectivity index (χ3v) is 4.49. The Morgan fingerprint density at radius 2 is 1.06 bits per heavy atom. The first-order valence-corrected chi connectivity index (χ1v) is 13.8. The number of Topliss-reactive ketones (excluding diaryl/α,β-unsaturated/α-hetero) is 1. The summed E-state index contributed by atoms with van der Waals surface area (Å²) in [5, 5.41) is 52.4. The highest BCUT2D eigenvalue weighted by Crippen LogP contribution is 2.08. The topological polar surface area (TPSA) is 310 Å². The second kappa shape index (κ2) is 45.3. The molecule has 1 saturated heterocycles. The molecule has 0 aromatic rings. The van der Waals surface area contributed by atoms with Crippen LogP contribution in [0.3, 0.4) is 0 Å². The van der Waals surface area contributed by atoms with Gasteiger partial charge in [-0.1, -0.05) is 14.4 Å². The quantitative estimate of drug-likeness (QED) is 0.0568. The number of carboxylic acid groups (broad SMARTS) is 2. The Bertz CT molecular complexity index is 710. The highest BCUT2D eigenvalue weighted by Gasteiger charge is 2.32. The first-order valence-electron chi connectivity index (χ1n) is 12.8. The van der Waals surface area contributed by atoms with E-state index in [1.54, 1.807) is 6.92 Å². The molecule has 1 aliphatic heterocycles. The Labute approximate surface area is 279 Å². The predicted molar refractivity (Wildman–Crippen MR) is 171 cm³/mol. The van der Waals surface area contributed by atoms with Crippen molar-refractivity contribution in [2.24, 2.45) is 5.92 Å². The van der Waals surface area contributed by atoms with Gasteiger partial charge in [-0.25, -0.2) is 19.2 Å². The maximum absolute atomic E-state index is 11.1. The Balaban J connectivity index is -0.0000000687. The van der Waals surface area contributed by atoms with Gasteiger partial charge in [-0.2, -0.15) is 0 Å². The second-order valence-corrected chi connectivity index (χ2v) is 8.02. The van der Waals surface area contributed by atoms with Gasteiger partial charge in [0.15, 0.2) is 30.2 Å². The molecule has 0 aromatic carbocycles. The molecule has 1 heterocycles. The van der Waals surface area contributed by atoms with Crippen LogP contribution in [0.25, 0.3) is 0 Å². The molecule has 0 saturated carbocycles. The van der Waals surface area contributed by atoms with Crippen LogP contribution in [0, 0.1) is 5.92 Å². The number of carbonyl (C=O) groups is 6. The lowest BCUT2D eigenvalue weighted by Crippen LogP contribution is -2.40. The fourth-order valence-electron chi connectivity index (χ4n) is 1.74. The normalized spacial score (nSPS) is 16.0. The molecule has 47 heavy (non-hydrogen) atoms. The van der Waals surface area contributed by atoms with E-state index in [4.69, 9.17) is 45.3 Å². The maximum Gasteiger partial charge on any atom is 0.349 e. The SMILES string of the molecule is C.CC1OC(=O)C(C)OC1=O.CO.CO.CO.CO.COC(C)C(=O)CC(C)C(=O)O.COC(C)C(=O)OC(C)C(=O)O.O[B]PO. The average molecular weight is 716 g/mol. The first-order chi connectivity index (χ1) is 21.5. The number of aliphatic hydroxyl groups is 4. The number of rotatable bonds is 10. The summed E-state index contributed by atoms with van der Waals surface area (Å²) in [5.41, 5.74) is 0. The van der Waals surface area contributed by atoms with E-state index in [9.17, 15) is 28.8 Å². The van der Waals surface area contributed by atoms with Gasteiger partial charge in [-0.05, 0) is 34.6 Å². The zero-order valence-electron chi connectivity index (χ0n) is 28.3. The van der Waals surface area contributed by atoms with Gasteiger partial charge in [0.1, 0.15) is 6.10 Å². The molecular formula is C26H57BO19P. The van der Waals surface area contributed by atoms with Crippen LogP contribution in [0.4, 0.5) is 0 Å². The number of hydrogen-bond acceptors (Lipinski definition) is 17. The van der Waals surface area contributed by atoms with Crippen LogP contribution < -0.4 is 0 Å². The van der Waals surface area contributed by atoms with Gasteiger partial charge >= 0.3 is 37.0 Å². The first kappa shape index (κ1) is 62.9. The molecule has 0 spiro atoms. The number of ketones is 1. The summed E-state index contributed by atoms with van der Waals surface area (Å²) in [6, 6.07) is 0. The van der Waals surface area contributed by atoms with Gasteiger partial charge < -0.3 is 64.2 Å². The van der Waals surface area contributed by atoms with Crippen molar-refractivity contribution < 1.29 is 93.0 Å². The molecule has 7 unspecified atom stereocenters. The summed E-state index contributed by atoms with van der Waals surface area (Å²) in [7, 11) is 7.05. The molecule has 0 aliphatic carbocycles. The van der Waals surface area contributed by atoms with Crippen molar-refractivity contribution in [1.29, 1.82) is 0 Å². The van der Waals surface area contributed by atoms with Crippen LogP contribution in [0.15, 0.2) is 0 Å². The molecule has 1 fully saturated rings. The third kappa shape index (κ3) is 41.2. The smallest absolute Gasteiger partial charge is 0.349 e. The van der Waals surface area contributed by atoms with E-state index < -0.39 is 75.0 Å². The van der Waals surface area contributed by atoms with Crippen molar-refractivity contribution in [3.63, 3.8) is 0 Å². The molecule has 1 rings (SSSR count). The Hall–Kier alpha value is -2.81. The van der Waals surface area contributed by atoms with Crippen molar-refractivity contribution in [1.82, 2.24) is 0 Å². The Morgan fingerprint density at radius 3 is 1.30 bits per heavy atom. The minimum Gasteiger partial charge on any atom is -0.481 e. The second-order valence-electron chi connectivity index (χ2n) is 7.50. The number of carboxylic acids is 2. The summed E-state index contributed by atoms with van der Waals surface area (Å²) in [6.07, 6.45) is -3.83. The summed E-state index contributed by atoms with van der Waals surface area (Å²) in [4.78, 5) is 71.5. The van der Waals surface area contributed by atoms with Crippen LogP contribution in [-0.4, -0.2) is 157 Å². The lowest BCUT2D eigenvalue weighted by molar-refractivity contribution is -0.191. The van der Waals surface area contributed by atoms with Crippen molar-refractivity contribution in [2.75, 3.05) is 42.7 Å². The lowest BCUT2D eigenvalue weighted by atomic mass is 10.0. The zero-order chi connectivity index (χ0) is 38.6. The van der Waals surface area contributed by atoms with Gasteiger partial charge in [-0.3, -0.25) is 9.59 Å². The van der Waals surface area contributed by atoms with E-state index in [1.165, 1.54) is 48.8 Å². The van der Waals surface area contributed by atoms with E-state index in [1.807, 2.05) is 0 Å². The molecule has 0 bridgehead atoms. The van der Waals surface area contributed by atoms with Crippen LogP contribution in [0.2, 0.25) is 0 Å². The Morgan fingerprint density at radius 1 is 0.745 bits per heavy atom.